The molecule has 4 heterocycles. The van der Waals surface area contributed by atoms with E-state index in [0.717, 1.165) is 63.1 Å². The highest BCUT2D eigenvalue weighted by Crippen LogP contribution is 2.35. The first kappa shape index (κ1) is 36.9. The van der Waals surface area contributed by atoms with Gasteiger partial charge in [0, 0.05) is 44.2 Å². The Morgan fingerprint density at radius 3 is 2.39 bits per heavy atom. The summed E-state index contributed by atoms with van der Waals surface area (Å²) >= 11 is 6.48. The van der Waals surface area contributed by atoms with Crippen molar-refractivity contribution < 1.29 is 28.4 Å². The predicted molar refractivity (Wildman–Crippen MR) is 191 cm³/mol. The Morgan fingerprint density at radius 2 is 1.67 bits per heavy atom. The topological polar surface area (TPSA) is 145 Å². The van der Waals surface area contributed by atoms with E-state index in [1.165, 1.54) is 6.33 Å². The van der Waals surface area contributed by atoms with Crippen LogP contribution in [0.4, 0.5) is 11.6 Å². The molecule has 1 aliphatic heterocycles. The Bertz CT molecular complexity index is 1600. The standard InChI is InChI=1S/C35H48ClN9O6/c1-26(22-44-25-37-24-40-44)51-33-19-27(3-8-31(33)36)28-20-38-35(39-21-28)41-32-23-45(30-6-4-29(5-7-30)43-9-11-47-12-10-43)42-34(32)50-18-17-49-16-15-48-14-13-46-2/h3,8,19-21,23-26,29-30H,4-7,9-18,22H2,1-2H3,(H,38,39,41). The molecule has 1 saturated heterocycles. The fourth-order valence-electron chi connectivity index (χ4n) is 6.33. The van der Waals surface area contributed by atoms with Gasteiger partial charge in [-0.3, -0.25) is 9.58 Å². The highest BCUT2D eigenvalue weighted by atomic mass is 35.5. The Kier molecular flexibility index (Phi) is 13.8. The molecule has 276 valence electrons. The van der Waals surface area contributed by atoms with Gasteiger partial charge >= 0.3 is 0 Å². The minimum absolute atomic E-state index is 0.175. The summed E-state index contributed by atoms with van der Waals surface area (Å²) in [5.74, 6) is 1.48. The van der Waals surface area contributed by atoms with Gasteiger partial charge in [-0.1, -0.05) is 17.7 Å². The van der Waals surface area contributed by atoms with Gasteiger partial charge in [0.2, 0.25) is 5.95 Å². The summed E-state index contributed by atoms with van der Waals surface area (Å²) in [6, 6.07) is 6.50. The van der Waals surface area contributed by atoms with Crippen molar-refractivity contribution in [3.05, 3.63) is 54.5 Å². The second-order valence-electron chi connectivity index (χ2n) is 12.6. The number of hydrogen-bond donors (Lipinski definition) is 1. The minimum Gasteiger partial charge on any atom is -0.487 e. The van der Waals surface area contributed by atoms with Crippen molar-refractivity contribution in [2.75, 3.05) is 78.4 Å². The normalized spacial score (nSPS) is 18.8. The molecule has 6 rings (SSSR count). The minimum atomic E-state index is -0.175. The molecule has 1 aliphatic carbocycles. The van der Waals surface area contributed by atoms with Crippen LogP contribution in [0.25, 0.3) is 11.1 Å². The summed E-state index contributed by atoms with van der Waals surface area (Å²) < 4.78 is 37.7. The average Bonchev–Trinajstić information content (AvgIpc) is 3.82. The molecule has 0 bridgehead atoms. The molecule has 1 saturated carbocycles. The molecule has 1 aromatic carbocycles. The molecule has 0 spiro atoms. The quantitative estimate of drug-likeness (QED) is 0.134. The van der Waals surface area contributed by atoms with Crippen LogP contribution in [-0.4, -0.2) is 125 Å². The molecule has 0 radical (unpaired) electrons. The first-order chi connectivity index (χ1) is 25.1. The van der Waals surface area contributed by atoms with Crippen LogP contribution in [0.15, 0.2) is 49.4 Å². The van der Waals surface area contributed by atoms with Crippen molar-refractivity contribution in [3.63, 3.8) is 0 Å². The smallest absolute Gasteiger partial charge is 0.257 e. The maximum absolute atomic E-state index is 6.48. The lowest BCUT2D eigenvalue weighted by Crippen LogP contribution is -2.45. The second-order valence-corrected chi connectivity index (χ2v) is 13.0. The molecule has 1 unspecified atom stereocenters. The Labute approximate surface area is 303 Å². The molecule has 4 aromatic rings. The number of hydrogen-bond acceptors (Lipinski definition) is 13. The summed E-state index contributed by atoms with van der Waals surface area (Å²) in [6.07, 6.45) is 12.9. The lowest BCUT2D eigenvalue weighted by Gasteiger charge is -2.38. The number of anilines is 2. The highest BCUT2D eigenvalue weighted by Gasteiger charge is 2.29. The Hall–Kier alpha value is -3.86. The zero-order valence-electron chi connectivity index (χ0n) is 29.4. The van der Waals surface area contributed by atoms with Crippen molar-refractivity contribution in [3.8, 4) is 22.8 Å². The van der Waals surface area contributed by atoms with Crippen LogP contribution in [0.2, 0.25) is 5.02 Å². The zero-order chi connectivity index (χ0) is 35.3. The third-order valence-electron chi connectivity index (χ3n) is 8.97. The summed E-state index contributed by atoms with van der Waals surface area (Å²) in [7, 11) is 1.65. The molecule has 2 fully saturated rings. The van der Waals surface area contributed by atoms with Gasteiger partial charge in [-0.05, 0) is 50.3 Å². The molecular formula is C35H48ClN9O6. The van der Waals surface area contributed by atoms with Crippen molar-refractivity contribution in [2.45, 2.75) is 57.3 Å². The van der Waals surface area contributed by atoms with Gasteiger partial charge in [0.25, 0.3) is 5.88 Å². The van der Waals surface area contributed by atoms with Crippen molar-refractivity contribution in [1.29, 1.82) is 0 Å². The van der Waals surface area contributed by atoms with E-state index in [1.807, 2.05) is 36.0 Å². The fraction of sp³-hybridized carbons (Fsp3) is 0.571. The molecule has 15 nitrogen and oxygen atoms in total. The van der Waals surface area contributed by atoms with Gasteiger partial charge < -0.3 is 33.7 Å². The van der Waals surface area contributed by atoms with Gasteiger partial charge in [-0.25, -0.2) is 19.6 Å². The summed E-state index contributed by atoms with van der Waals surface area (Å²) in [6.45, 7) is 8.99. The Morgan fingerprint density at radius 1 is 0.941 bits per heavy atom. The largest absolute Gasteiger partial charge is 0.487 e. The van der Waals surface area contributed by atoms with Crippen LogP contribution in [0, 0.1) is 0 Å². The third-order valence-corrected chi connectivity index (χ3v) is 9.28. The van der Waals surface area contributed by atoms with E-state index in [-0.39, 0.29) is 12.1 Å². The SMILES string of the molecule is COCCOCCOCCOc1nn(C2CCC(N3CCOCC3)CC2)cc1Nc1ncc(-c2ccc(Cl)c(OC(C)Cn3cncn3)c2)cn1. The van der Waals surface area contributed by atoms with E-state index >= 15 is 0 Å². The van der Waals surface area contributed by atoms with Crippen LogP contribution in [0.5, 0.6) is 11.6 Å². The van der Waals surface area contributed by atoms with Gasteiger partial charge in [0.1, 0.15) is 36.8 Å². The average molecular weight is 726 g/mol. The van der Waals surface area contributed by atoms with Gasteiger partial charge in [0.05, 0.1) is 70.1 Å². The number of morpholine rings is 1. The van der Waals surface area contributed by atoms with E-state index in [2.05, 4.69) is 30.3 Å². The molecule has 2 aliphatic rings. The number of ether oxygens (including phenoxy) is 6. The fourth-order valence-corrected chi connectivity index (χ4v) is 6.49. The van der Waals surface area contributed by atoms with Crippen molar-refractivity contribution in [1.82, 2.24) is 39.4 Å². The van der Waals surface area contributed by atoms with Gasteiger partial charge in [0.15, 0.2) is 0 Å². The molecule has 3 aromatic heterocycles. The maximum Gasteiger partial charge on any atom is 0.257 e. The summed E-state index contributed by atoms with van der Waals surface area (Å²) in [4.78, 5) is 15.8. The monoisotopic (exact) mass is 725 g/mol. The number of nitrogens with zero attached hydrogens (tertiary/aromatic N) is 8. The van der Waals surface area contributed by atoms with Crippen LogP contribution in [0.1, 0.15) is 38.6 Å². The van der Waals surface area contributed by atoms with Crippen molar-refractivity contribution in [2.24, 2.45) is 0 Å². The lowest BCUT2D eigenvalue weighted by molar-refractivity contribution is 0.00498. The van der Waals surface area contributed by atoms with Crippen molar-refractivity contribution >= 4 is 23.2 Å². The molecule has 0 amide bonds. The van der Waals surface area contributed by atoms with Crippen LogP contribution in [-0.2, 0) is 25.5 Å². The maximum atomic E-state index is 6.48. The van der Waals surface area contributed by atoms with Gasteiger partial charge in [-0.15, -0.1) is 5.10 Å². The predicted octanol–water partition coefficient (Wildman–Crippen LogP) is 4.67. The first-order valence-electron chi connectivity index (χ1n) is 17.6. The summed E-state index contributed by atoms with van der Waals surface area (Å²) in [5.41, 5.74) is 2.39. The van der Waals surface area contributed by atoms with E-state index in [1.54, 1.807) is 30.5 Å². The highest BCUT2D eigenvalue weighted by molar-refractivity contribution is 6.32. The zero-order valence-corrected chi connectivity index (χ0v) is 30.1. The lowest BCUT2D eigenvalue weighted by atomic mass is 9.90. The Balaban J connectivity index is 1.08. The molecular weight excluding hydrogens is 678 g/mol. The number of aromatic nitrogens is 7. The van der Waals surface area contributed by atoms with Crippen LogP contribution >= 0.6 is 11.6 Å². The van der Waals surface area contributed by atoms with E-state index in [0.29, 0.717) is 80.5 Å². The van der Waals surface area contributed by atoms with E-state index in [9.17, 15) is 0 Å². The van der Waals surface area contributed by atoms with E-state index in [4.69, 9.17) is 45.1 Å². The number of halogens is 1. The molecule has 1 atom stereocenters. The van der Waals surface area contributed by atoms with Crippen LogP contribution < -0.4 is 14.8 Å². The molecule has 16 heteroatoms. The first-order valence-corrected chi connectivity index (χ1v) is 18.0. The third kappa shape index (κ3) is 10.8. The number of methoxy groups -OCH3 is 1. The second kappa shape index (κ2) is 19.1. The van der Waals surface area contributed by atoms with Gasteiger partial charge in [-0.2, -0.15) is 5.10 Å². The molecule has 51 heavy (non-hydrogen) atoms. The number of benzene rings is 1. The summed E-state index contributed by atoms with van der Waals surface area (Å²) in [5, 5.41) is 12.9. The van der Waals surface area contributed by atoms with Crippen LogP contribution in [0.3, 0.4) is 0 Å². The number of rotatable bonds is 19. The number of nitrogens with one attached hydrogen (secondary N) is 1. The molecule has 1 N–H and O–H groups in total. The van der Waals surface area contributed by atoms with E-state index < -0.39 is 0 Å².